The van der Waals surface area contributed by atoms with Crippen LogP contribution in [0.15, 0.2) is 58.5 Å². The topological polar surface area (TPSA) is 72.2 Å². The van der Waals surface area contributed by atoms with Gasteiger partial charge in [-0.1, -0.05) is 26.0 Å². The monoisotopic (exact) mass is 522 g/mol. The Labute approximate surface area is 222 Å². The molecule has 3 aromatic rings. The number of hydrogen-bond donors (Lipinski definition) is 0. The fourth-order valence-electron chi connectivity index (χ4n) is 5.06. The zero-order chi connectivity index (χ0) is 25.8. The molecule has 0 saturated carbocycles. The fourth-order valence-corrected chi connectivity index (χ4v) is 5.99. The molecule has 5 rings (SSSR count). The maximum Gasteiger partial charge on any atom is 0.290 e. The first-order chi connectivity index (χ1) is 18.0. The van der Waals surface area contributed by atoms with Crippen molar-refractivity contribution in [3.05, 3.63) is 75.9 Å². The number of ether oxygens (including phenoxy) is 2. The van der Waals surface area contributed by atoms with Crippen molar-refractivity contribution in [2.24, 2.45) is 0 Å². The van der Waals surface area contributed by atoms with Crippen LogP contribution in [-0.4, -0.2) is 60.6 Å². The lowest BCUT2D eigenvalue weighted by Gasteiger charge is -2.37. The van der Waals surface area contributed by atoms with E-state index in [1.54, 1.807) is 28.4 Å². The number of amides is 2. The van der Waals surface area contributed by atoms with Gasteiger partial charge in [-0.2, -0.15) is 0 Å². The van der Waals surface area contributed by atoms with Crippen LogP contribution in [0.2, 0.25) is 0 Å². The summed E-state index contributed by atoms with van der Waals surface area (Å²) in [4.78, 5) is 31.7. The minimum Gasteiger partial charge on any atom is -0.491 e. The van der Waals surface area contributed by atoms with Crippen molar-refractivity contribution in [1.82, 2.24) is 9.80 Å². The molecule has 0 bridgehead atoms. The van der Waals surface area contributed by atoms with E-state index in [-0.39, 0.29) is 36.3 Å². The van der Waals surface area contributed by atoms with E-state index < -0.39 is 0 Å². The highest BCUT2D eigenvalue weighted by Crippen LogP contribution is 2.34. The molecule has 0 unspecified atom stereocenters. The average molecular weight is 523 g/mol. The summed E-state index contributed by atoms with van der Waals surface area (Å²) in [5.41, 5.74) is 2.39. The van der Waals surface area contributed by atoms with Crippen LogP contribution in [0.3, 0.4) is 0 Å². The number of carbonyl (C=O) groups excluding carboxylic acids is 2. The quantitative estimate of drug-likeness (QED) is 0.382. The molecule has 2 amide bonds. The second-order valence-corrected chi connectivity index (χ2v) is 11.0. The van der Waals surface area contributed by atoms with Crippen molar-refractivity contribution in [2.75, 3.05) is 32.8 Å². The van der Waals surface area contributed by atoms with Gasteiger partial charge in [0.15, 0.2) is 5.76 Å². The van der Waals surface area contributed by atoms with Crippen LogP contribution in [0.25, 0.3) is 0 Å². The minimum absolute atomic E-state index is 0.0293. The van der Waals surface area contributed by atoms with Crippen LogP contribution in [0.1, 0.15) is 65.2 Å². The lowest BCUT2D eigenvalue weighted by atomic mass is 10.00. The normalized spacial score (nSPS) is 19.2. The van der Waals surface area contributed by atoms with Gasteiger partial charge in [0.25, 0.3) is 5.91 Å². The van der Waals surface area contributed by atoms with E-state index >= 15 is 0 Å². The molecule has 0 N–H and O–H groups in total. The highest BCUT2D eigenvalue weighted by molar-refractivity contribution is 7.10. The predicted octanol–water partition coefficient (Wildman–Crippen LogP) is 5.29. The highest BCUT2D eigenvalue weighted by atomic mass is 32.1. The molecule has 0 radical (unpaired) electrons. The number of fused-ring (bicyclic) bond motifs is 1. The van der Waals surface area contributed by atoms with E-state index in [9.17, 15) is 9.59 Å². The van der Waals surface area contributed by atoms with Gasteiger partial charge in [-0.05, 0) is 72.0 Å². The first-order valence-corrected chi connectivity index (χ1v) is 13.9. The van der Waals surface area contributed by atoms with Gasteiger partial charge in [-0.15, -0.1) is 11.3 Å². The molecule has 2 aliphatic heterocycles. The molecule has 196 valence electrons. The van der Waals surface area contributed by atoms with Crippen LogP contribution in [0.4, 0.5) is 0 Å². The standard InChI is InChI=1S/C29H34N2O5S/c1-20(2)21-7-9-22(10-8-21)36-19-25-24-12-16-37-27(24)11-13-31(25)28(32)18-30(17-23-5-3-14-34-23)29(33)26-6-4-15-35-26/h4,6-10,12,15-16,20,23,25H,3,5,11,13-14,17-19H2,1-2H3/t23-,25+/m0/s1. The number of thiophene rings is 1. The van der Waals surface area contributed by atoms with Crippen molar-refractivity contribution in [1.29, 1.82) is 0 Å². The molecule has 0 aliphatic carbocycles. The van der Waals surface area contributed by atoms with Crippen molar-refractivity contribution in [3.8, 4) is 5.75 Å². The van der Waals surface area contributed by atoms with Gasteiger partial charge < -0.3 is 23.7 Å². The molecule has 2 atom stereocenters. The third-order valence-corrected chi connectivity index (χ3v) is 8.16. The third kappa shape index (κ3) is 5.91. The highest BCUT2D eigenvalue weighted by Gasteiger charge is 2.35. The molecule has 1 aromatic carbocycles. The SMILES string of the molecule is CC(C)c1ccc(OC[C@@H]2c3ccsc3CCN2C(=O)CN(C[C@@H]2CCCO2)C(=O)c2ccco2)cc1. The Morgan fingerprint density at radius 3 is 2.73 bits per heavy atom. The Morgan fingerprint density at radius 1 is 1.19 bits per heavy atom. The summed E-state index contributed by atoms with van der Waals surface area (Å²) in [7, 11) is 0. The number of benzene rings is 1. The molecular weight excluding hydrogens is 488 g/mol. The van der Waals surface area contributed by atoms with E-state index in [0.29, 0.717) is 32.2 Å². The van der Waals surface area contributed by atoms with Gasteiger partial charge in [-0.3, -0.25) is 9.59 Å². The molecule has 2 aromatic heterocycles. The van der Waals surface area contributed by atoms with Crippen molar-refractivity contribution >= 4 is 23.2 Å². The van der Waals surface area contributed by atoms with Gasteiger partial charge >= 0.3 is 0 Å². The molecular formula is C29H34N2O5S. The lowest BCUT2D eigenvalue weighted by Crippen LogP contribution is -2.49. The van der Waals surface area contributed by atoms with Gasteiger partial charge in [-0.25, -0.2) is 0 Å². The Kier molecular flexibility index (Phi) is 7.96. The first-order valence-electron chi connectivity index (χ1n) is 13.0. The maximum atomic E-state index is 13.7. The first kappa shape index (κ1) is 25.5. The van der Waals surface area contributed by atoms with E-state index in [0.717, 1.165) is 30.6 Å². The summed E-state index contributed by atoms with van der Waals surface area (Å²) in [6.07, 6.45) is 4.06. The van der Waals surface area contributed by atoms with Gasteiger partial charge in [0, 0.05) is 24.6 Å². The molecule has 0 spiro atoms. The summed E-state index contributed by atoms with van der Waals surface area (Å²) in [5.74, 6) is 1.08. The predicted molar refractivity (Wildman–Crippen MR) is 142 cm³/mol. The lowest BCUT2D eigenvalue weighted by molar-refractivity contribution is -0.135. The number of rotatable bonds is 9. The summed E-state index contributed by atoms with van der Waals surface area (Å²) in [6.45, 7) is 6.30. The van der Waals surface area contributed by atoms with Crippen molar-refractivity contribution in [2.45, 2.75) is 51.2 Å². The van der Waals surface area contributed by atoms with Crippen molar-refractivity contribution < 1.29 is 23.5 Å². The number of hydrogen-bond acceptors (Lipinski definition) is 6. The molecule has 2 aliphatic rings. The molecule has 1 saturated heterocycles. The molecule has 1 fully saturated rings. The minimum atomic E-state index is -0.292. The van der Waals surface area contributed by atoms with Crippen LogP contribution in [-0.2, 0) is 16.0 Å². The Balaban J connectivity index is 1.32. The molecule has 8 heteroatoms. The average Bonchev–Trinajstić information content (AvgIpc) is 3.69. The zero-order valence-electron chi connectivity index (χ0n) is 21.4. The maximum absolute atomic E-state index is 13.7. The third-order valence-electron chi connectivity index (χ3n) is 7.16. The number of carbonyl (C=O) groups is 2. The second-order valence-electron chi connectivity index (χ2n) is 9.98. The van der Waals surface area contributed by atoms with Crippen LogP contribution in [0.5, 0.6) is 5.75 Å². The summed E-state index contributed by atoms with van der Waals surface area (Å²) in [6, 6.07) is 13.3. The zero-order valence-corrected chi connectivity index (χ0v) is 22.2. The molecule has 7 nitrogen and oxygen atoms in total. The van der Waals surface area contributed by atoms with Gasteiger partial charge in [0.1, 0.15) is 18.9 Å². The molecule has 37 heavy (non-hydrogen) atoms. The summed E-state index contributed by atoms with van der Waals surface area (Å²) in [5, 5.41) is 2.08. The van der Waals surface area contributed by atoms with E-state index in [2.05, 4.69) is 37.4 Å². The Hall–Kier alpha value is -3.10. The number of nitrogens with zero attached hydrogens (tertiary/aromatic N) is 2. The van der Waals surface area contributed by atoms with E-state index in [1.807, 2.05) is 17.0 Å². The Bertz CT molecular complexity index is 1180. The van der Waals surface area contributed by atoms with Gasteiger partial charge in [0.05, 0.1) is 18.4 Å². The Morgan fingerprint density at radius 2 is 2.03 bits per heavy atom. The van der Waals surface area contributed by atoms with Crippen LogP contribution >= 0.6 is 11.3 Å². The van der Waals surface area contributed by atoms with E-state index in [1.165, 1.54) is 16.7 Å². The second kappa shape index (κ2) is 11.5. The summed E-state index contributed by atoms with van der Waals surface area (Å²) < 4.78 is 17.3. The fraction of sp³-hybridized carbons (Fsp3) is 0.448. The van der Waals surface area contributed by atoms with Gasteiger partial charge in [0.2, 0.25) is 5.91 Å². The number of furan rings is 1. The smallest absolute Gasteiger partial charge is 0.290 e. The van der Waals surface area contributed by atoms with Crippen molar-refractivity contribution in [3.63, 3.8) is 0 Å². The van der Waals surface area contributed by atoms with Crippen LogP contribution in [0, 0.1) is 0 Å². The van der Waals surface area contributed by atoms with E-state index in [4.69, 9.17) is 13.9 Å². The summed E-state index contributed by atoms with van der Waals surface area (Å²) >= 11 is 1.72. The van der Waals surface area contributed by atoms with Crippen LogP contribution < -0.4 is 4.74 Å². The molecule has 4 heterocycles. The largest absolute Gasteiger partial charge is 0.491 e.